The Labute approximate surface area is 324 Å². The SMILES string of the molecule is O=C(NC1CCC(n2c(=O)c3cc(F)cnc3n(-c3cccc(-c4ccc(CN5CCC(N6CCCCC6)CC5)cc4)c3)c2=O)CC1)c1nc2ccccc2[nH]1. The Balaban J connectivity index is 0.922. The van der Waals surface area contributed by atoms with Crippen LogP contribution in [0, 0.1) is 5.82 Å². The van der Waals surface area contributed by atoms with Crippen LogP contribution < -0.4 is 16.6 Å². The van der Waals surface area contributed by atoms with Gasteiger partial charge in [0, 0.05) is 24.7 Å². The van der Waals surface area contributed by atoms with Crippen molar-refractivity contribution in [3.63, 3.8) is 0 Å². The fraction of sp³-hybridized carbons (Fsp3) is 0.386. The molecule has 2 N–H and O–H groups in total. The van der Waals surface area contributed by atoms with Crippen LogP contribution in [0.4, 0.5) is 4.39 Å². The van der Waals surface area contributed by atoms with Gasteiger partial charge < -0.3 is 15.2 Å². The number of pyridine rings is 1. The summed E-state index contributed by atoms with van der Waals surface area (Å²) in [4.78, 5) is 58.4. The van der Waals surface area contributed by atoms with Gasteiger partial charge in [-0.1, -0.05) is 55.0 Å². The van der Waals surface area contributed by atoms with Crippen molar-refractivity contribution in [2.45, 2.75) is 82.5 Å². The van der Waals surface area contributed by atoms with Gasteiger partial charge in [0.2, 0.25) is 0 Å². The molecule has 5 heterocycles. The van der Waals surface area contributed by atoms with Crippen LogP contribution in [0.5, 0.6) is 0 Å². The van der Waals surface area contributed by atoms with Crippen molar-refractivity contribution in [3.05, 3.63) is 123 Å². The van der Waals surface area contributed by atoms with E-state index >= 15 is 0 Å². The Kier molecular flexibility index (Phi) is 10.1. The average molecular weight is 755 g/mol. The second-order valence-electron chi connectivity index (χ2n) is 15.8. The molecule has 12 heteroatoms. The Bertz CT molecular complexity index is 2450. The molecule has 0 unspecified atom stereocenters. The minimum atomic E-state index is -0.649. The van der Waals surface area contributed by atoms with Crippen molar-refractivity contribution in [1.29, 1.82) is 0 Å². The molecule has 2 saturated heterocycles. The molecule has 56 heavy (non-hydrogen) atoms. The molecular weight excluding hydrogens is 708 g/mol. The number of aromatic nitrogens is 5. The number of benzene rings is 3. The van der Waals surface area contributed by atoms with Crippen LogP contribution in [0.1, 0.15) is 80.0 Å². The second-order valence-corrected chi connectivity index (χ2v) is 15.8. The molecule has 1 aliphatic carbocycles. The first-order chi connectivity index (χ1) is 27.4. The number of imidazole rings is 1. The standard InChI is InChI=1S/C44H47FN8O3/c45-32-26-37-41(46-27-32)52(44(56)53(43(37)55)35-17-15-33(16-18-35)47-42(54)40-48-38-9-2-3-10-39(38)49-40)36-8-6-7-31(25-36)30-13-11-29(12-14-30)28-50-23-19-34(20-24-50)51-21-4-1-5-22-51/h2-3,6-14,25-27,33-35H,1,4-5,15-24,28H2,(H,47,54)(H,48,49). The van der Waals surface area contributed by atoms with E-state index in [9.17, 15) is 18.8 Å². The molecule has 9 rings (SSSR count). The largest absolute Gasteiger partial charge is 0.347 e. The van der Waals surface area contributed by atoms with Gasteiger partial charge in [0.25, 0.3) is 11.5 Å². The number of aromatic amines is 1. The highest BCUT2D eigenvalue weighted by molar-refractivity contribution is 5.94. The van der Waals surface area contributed by atoms with Crippen LogP contribution in [-0.4, -0.2) is 78.1 Å². The molecule has 3 aromatic carbocycles. The molecule has 1 saturated carbocycles. The first kappa shape index (κ1) is 36.2. The summed E-state index contributed by atoms with van der Waals surface area (Å²) in [6.07, 6.45) is 9.64. The van der Waals surface area contributed by atoms with E-state index in [4.69, 9.17) is 0 Å². The second kappa shape index (κ2) is 15.6. The fourth-order valence-electron chi connectivity index (χ4n) is 9.14. The van der Waals surface area contributed by atoms with E-state index in [1.807, 2.05) is 48.5 Å². The summed E-state index contributed by atoms with van der Waals surface area (Å²) < 4.78 is 17.3. The average Bonchev–Trinajstić information content (AvgIpc) is 3.68. The van der Waals surface area contributed by atoms with Gasteiger partial charge in [-0.2, -0.15) is 0 Å². The number of hydrogen-bond donors (Lipinski definition) is 2. The number of H-pyrrole nitrogens is 1. The summed E-state index contributed by atoms with van der Waals surface area (Å²) in [6.45, 7) is 5.68. The van der Waals surface area contributed by atoms with Gasteiger partial charge in [-0.3, -0.25) is 19.1 Å². The van der Waals surface area contributed by atoms with Crippen molar-refractivity contribution in [1.82, 2.24) is 39.2 Å². The van der Waals surface area contributed by atoms with E-state index in [2.05, 4.69) is 54.3 Å². The van der Waals surface area contributed by atoms with Gasteiger partial charge >= 0.3 is 5.69 Å². The predicted molar refractivity (Wildman–Crippen MR) is 216 cm³/mol. The van der Waals surface area contributed by atoms with Gasteiger partial charge in [0.05, 0.1) is 28.3 Å². The normalized spacial score (nSPS) is 20.1. The molecule has 6 aromatic rings. The van der Waals surface area contributed by atoms with Gasteiger partial charge in [-0.15, -0.1) is 0 Å². The molecule has 0 spiro atoms. The number of para-hydroxylation sites is 2. The minimum Gasteiger partial charge on any atom is -0.347 e. The zero-order valence-electron chi connectivity index (χ0n) is 31.5. The van der Waals surface area contributed by atoms with Crippen LogP contribution >= 0.6 is 0 Å². The third-order valence-electron chi connectivity index (χ3n) is 12.2. The fourth-order valence-corrected chi connectivity index (χ4v) is 9.14. The van der Waals surface area contributed by atoms with Crippen LogP contribution in [0.25, 0.3) is 38.9 Å². The quantitative estimate of drug-likeness (QED) is 0.180. The lowest BCUT2D eigenvalue weighted by molar-refractivity contribution is 0.0896. The van der Waals surface area contributed by atoms with E-state index in [1.165, 1.54) is 59.9 Å². The number of carbonyl (C=O) groups is 1. The maximum absolute atomic E-state index is 14.6. The smallest absolute Gasteiger partial charge is 0.337 e. The van der Waals surface area contributed by atoms with Crippen LogP contribution in [0.2, 0.25) is 0 Å². The monoisotopic (exact) mass is 754 g/mol. The molecule has 3 fully saturated rings. The number of likely N-dealkylation sites (tertiary alicyclic amines) is 2. The highest BCUT2D eigenvalue weighted by atomic mass is 19.1. The highest BCUT2D eigenvalue weighted by Crippen LogP contribution is 2.29. The van der Waals surface area contributed by atoms with Crippen LogP contribution in [0.3, 0.4) is 0 Å². The maximum atomic E-state index is 14.6. The van der Waals surface area contributed by atoms with Crippen molar-refractivity contribution in [2.75, 3.05) is 26.2 Å². The van der Waals surface area contributed by atoms with Gasteiger partial charge in [-0.05, 0) is 125 Å². The molecule has 1 amide bonds. The number of amides is 1. The number of rotatable bonds is 8. The number of nitrogens with one attached hydrogen (secondary N) is 2. The third-order valence-corrected chi connectivity index (χ3v) is 12.2. The minimum absolute atomic E-state index is 0.0413. The first-order valence-corrected chi connectivity index (χ1v) is 20.1. The third kappa shape index (κ3) is 7.31. The number of carbonyl (C=O) groups excluding carboxylic acids is 1. The van der Waals surface area contributed by atoms with E-state index < -0.39 is 23.1 Å². The summed E-state index contributed by atoms with van der Waals surface area (Å²) >= 11 is 0. The van der Waals surface area contributed by atoms with E-state index in [-0.39, 0.29) is 28.8 Å². The van der Waals surface area contributed by atoms with Gasteiger partial charge in [0.15, 0.2) is 11.5 Å². The van der Waals surface area contributed by atoms with E-state index in [1.54, 1.807) is 0 Å². The number of halogens is 1. The summed E-state index contributed by atoms with van der Waals surface area (Å²) in [5, 5.41) is 3.10. The lowest BCUT2D eigenvalue weighted by atomic mass is 9.91. The van der Waals surface area contributed by atoms with Crippen molar-refractivity contribution in [2.24, 2.45) is 0 Å². The van der Waals surface area contributed by atoms with Crippen LogP contribution in [0.15, 0.2) is 94.6 Å². The maximum Gasteiger partial charge on any atom is 0.337 e. The molecule has 0 radical (unpaired) electrons. The molecular formula is C44H47FN8O3. The van der Waals surface area contributed by atoms with Crippen molar-refractivity contribution < 1.29 is 9.18 Å². The Morgan fingerprint density at radius 2 is 1.57 bits per heavy atom. The Morgan fingerprint density at radius 1 is 0.804 bits per heavy atom. The predicted octanol–water partition coefficient (Wildman–Crippen LogP) is 6.59. The number of piperidine rings is 2. The molecule has 2 aliphatic heterocycles. The molecule has 0 atom stereocenters. The summed E-state index contributed by atoms with van der Waals surface area (Å²) in [5.41, 5.74) is 4.26. The number of hydrogen-bond acceptors (Lipinski definition) is 7. The summed E-state index contributed by atoms with van der Waals surface area (Å²) in [7, 11) is 0. The van der Waals surface area contributed by atoms with Gasteiger partial charge in [-0.25, -0.2) is 23.7 Å². The van der Waals surface area contributed by atoms with E-state index in [0.29, 0.717) is 36.9 Å². The topological polar surface area (TPSA) is 121 Å². The number of fused-ring (bicyclic) bond motifs is 2. The zero-order chi connectivity index (χ0) is 38.2. The van der Waals surface area contributed by atoms with Gasteiger partial charge in [0.1, 0.15) is 5.82 Å². The highest BCUT2D eigenvalue weighted by Gasteiger charge is 2.29. The summed E-state index contributed by atoms with van der Waals surface area (Å²) in [6, 6.07) is 25.0. The molecule has 0 bridgehead atoms. The van der Waals surface area contributed by atoms with E-state index in [0.717, 1.165) is 54.6 Å². The van der Waals surface area contributed by atoms with Crippen molar-refractivity contribution >= 4 is 28.0 Å². The molecule has 3 aromatic heterocycles. The van der Waals surface area contributed by atoms with Crippen LogP contribution in [-0.2, 0) is 6.54 Å². The first-order valence-electron chi connectivity index (χ1n) is 20.1. The molecule has 3 aliphatic rings. The molecule has 11 nitrogen and oxygen atoms in total. The lowest BCUT2D eigenvalue weighted by Gasteiger charge is -2.40. The number of nitrogens with zero attached hydrogens (tertiary/aromatic N) is 6. The summed E-state index contributed by atoms with van der Waals surface area (Å²) in [5.74, 6) is -0.703. The molecule has 288 valence electrons. The zero-order valence-corrected chi connectivity index (χ0v) is 31.5. The Hall–Kier alpha value is -5.46. The lowest BCUT2D eigenvalue weighted by Crippen LogP contribution is -2.46. The Morgan fingerprint density at radius 3 is 2.34 bits per heavy atom. The van der Waals surface area contributed by atoms with Crippen molar-refractivity contribution in [3.8, 4) is 16.8 Å².